The first-order chi connectivity index (χ1) is 7.74. The molecule has 3 heteroatoms. The van der Waals surface area contributed by atoms with Crippen LogP contribution in [0.15, 0.2) is 18.5 Å². The molecule has 1 aromatic rings. The number of nitrogens with zero attached hydrogens (tertiary/aromatic N) is 1. The maximum atomic E-state index is 5.75. The Labute approximate surface area is 98.2 Å². The topological polar surface area (TPSA) is 34.2 Å². The summed E-state index contributed by atoms with van der Waals surface area (Å²) < 4.78 is 5.75. The summed E-state index contributed by atoms with van der Waals surface area (Å²) in [4.78, 5) is 4.13. The fourth-order valence-corrected chi connectivity index (χ4v) is 1.34. The first kappa shape index (κ1) is 13.0. The zero-order chi connectivity index (χ0) is 11.8. The number of nitrogens with one attached hydrogen (secondary N) is 1. The van der Waals surface area contributed by atoms with E-state index < -0.39 is 0 Å². The fourth-order valence-electron chi connectivity index (χ4n) is 1.34. The zero-order valence-electron chi connectivity index (χ0n) is 10.5. The van der Waals surface area contributed by atoms with Crippen molar-refractivity contribution in [1.82, 2.24) is 10.3 Å². The second-order valence-electron chi connectivity index (χ2n) is 4.37. The second kappa shape index (κ2) is 7.23. The van der Waals surface area contributed by atoms with Crippen LogP contribution in [0, 0.1) is 5.92 Å². The summed E-state index contributed by atoms with van der Waals surface area (Å²) in [5, 5.41) is 3.36. The number of aromatic nitrogens is 1. The molecule has 0 amide bonds. The van der Waals surface area contributed by atoms with E-state index in [0.717, 1.165) is 37.4 Å². The molecule has 0 unspecified atom stereocenters. The van der Waals surface area contributed by atoms with Crippen molar-refractivity contribution >= 4 is 0 Å². The minimum Gasteiger partial charge on any atom is -0.493 e. The van der Waals surface area contributed by atoms with Crippen molar-refractivity contribution in [2.24, 2.45) is 5.92 Å². The van der Waals surface area contributed by atoms with Crippen LogP contribution < -0.4 is 10.1 Å². The van der Waals surface area contributed by atoms with Crippen molar-refractivity contribution in [1.29, 1.82) is 0 Å². The summed E-state index contributed by atoms with van der Waals surface area (Å²) in [5.74, 6) is 1.50. The molecule has 0 saturated heterocycles. The third-order valence-electron chi connectivity index (χ3n) is 2.17. The Morgan fingerprint density at radius 1 is 1.44 bits per heavy atom. The average molecular weight is 222 g/mol. The van der Waals surface area contributed by atoms with Gasteiger partial charge in [-0.3, -0.25) is 4.98 Å². The number of ether oxygens (including phenoxy) is 1. The molecule has 16 heavy (non-hydrogen) atoms. The Hall–Kier alpha value is -1.09. The second-order valence-corrected chi connectivity index (χ2v) is 4.37. The van der Waals surface area contributed by atoms with Gasteiger partial charge in [-0.2, -0.15) is 0 Å². The van der Waals surface area contributed by atoms with Crippen LogP contribution in [-0.2, 0) is 6.54 Å². The molecule has 0 aromatic carbocycles. The molecular formula is C13H22N2O. The summed E-state index contributed by atoms with van der Waals surface area (Å²) in [5.41, 5.74) is 1.14. The highest BCUT2D eigenvalue weighted by Crippen LogP contribution is 2.17. The lowest BCUT2D eigenvalue weighted by Crippen LogP contribution is -2.15. The van der Waals surface area contributed by atoms with Crippen molar-refractivity contribution in [2.75, 3.05) is 13.2 Å². The predicted octanol–water partition coefficient (Wildman–Crippen LogP) is 2.62. The van der Waals surface area contributed by atoms with Gasteiger partial charge < -0.3 is 10.1 Å². The lowest BCUT2D eigenvalue weighted by molar-refractivity contribution is 0.267. The highest BCUT2D eigenvalue weighted by atomic mass is 16.5. The highest BCUT2D eigenvalue weighted by Gasteiger charge is 2.03. The third kappa shape index (κ3) is 4.62. The van der Waals surface area contributed by atoms with Crippen molar-refractivity contribution in [2.45, 2.75) is 33.7 Å². The van der Waals surface area contributed by atoms with E-state index in [1.165, 1.54) is 0 Å². The predicted molar refractivity (Wildman–Crippen MR) is 66.6 cm³/mol. The van der Waals surface area contributed by atoms with Gasteiger partial charge in [-0.1, -0.05) is 20.8 Å². The zero-order valence-corrected chi connectivity index (χ0v) is 10.5. The van der Waals surface area contributed by atoms with E-state index in [9.17, 15) is 0 Å². The van der Waals surface area contributed by atoms with Crippen LogP contribution in [0.5, 0.6) is 5.75 Å². The first-order valence-corrected chi connectivity index (χ1v) is 6.00. The van der Waals surface area contributed by atoms with Crippen molar-refractivity contribution in [3.63, 3.8) is 0 Å². The van der Waals surface area contributed by atoms with Crippen LogP contribution in [0.2, 0.25) is 0 Å². The molecule has 0 fully saturated rings. The standard InChI is InChI=1S/C13H22N2O/c1-4-6-14-8-12-9-15-7-5-13(12)16-10-11(2)3/h5,7,9,11,14H,4,6,8,10H2,1-3H3. The van der Waals surface area contributed by atoms with Crippen molar-refractivity contribution < 1.29 is 4.74 Å². The Morgan fingerprint density at radius 3 is 2.94 bits per heavy atom. The van der Waals surface area contributed by atoms with Crippen molar-refractivity contribution in [3.8, 4) is 5.75 Å². The van der Waals surface area contributed by atoms with E-state index in [2.05, 4.69) is 31.1 Å². The maximum absolute atomic E-state index is 5.75. The van der Waals surface area contributed by atoms with Gasteiger partial charge in [0.15, 0.2) is 0 Å². The molecule has 3 nitrogen and oxygen atoms in total. The van der Waals surface area contributed by atoms with Crippen LogP contribution >= 0.6 is 0 Å². The molecular weight excluding hydrogens is 200 g/mol. The number of pyridine rings is 1. The smallest absolute Gasteiger partial charge is 0.126 e. The van der Waals surface area contributed by atoms with E-state index >= 15 is 0 Å². The van der Waals surface area contributed by atoms with Gasteiger partial charge in [0.1, 0.15) is 5.75 Å². The fraction of sp³-hybridized carbons (Fsp3) is 0.615. The van der Waals surface area contributed by atoms with Gasteiger partial charge in [-0.05, 0) is 24.9 Å². The SMILES string of the molecule is CCCNCc1cnccc1OCC(C)C. The van der Waals surface area contributed by atoms with Gasteiger partial charge in [0.05, 0.1) is 6.61 Å². The number of hydrogen-bond donors (Lipinski definition) is 1. The summed E-state index contributed by atoms with van der Waals surface area (Å²) in [6, 6.07) is 1.94. The average Bonchev–Trinajstić information content (AvgIpc) is 2.28. The minimum atomic E-state index is 0.546. The molecule has 0 atom stereocenters. The monoisotopic (exact) mass is 222 g/mol. The maximum Gasteiger partial charge on any atom is 0.126 e. The molecule has 0 saturated carbocycles. The quantitative estimate of drug-likeness (QED) is 0.720. The molecule has 0 bridgehead atoms. The summed E-state index contributed by atoms with van der Waals surface area (Å²) in [6.07, 6.45) is 4.79. The molecule has 1 N–H and O–H groups in total. The first-order valence-electron chi connectivity index (χ1n) is 6.00. The normalized spacial score (nSPS) is 10.8. The van der Waals surface area contributed by atoms with Crippen molar-refractivity contribution in [3.05, 3.63) is 24.0 Å². The number of rotatable bonds is 7. The van der Waals surface area contributed by atoms with E-state index in [1.54, 1.807) is 6.20 Å². The molecule has 0 aliphatic heterocycles. The largest absolute Gasteiger partial charge is 0.493 e. The Kier molecular flexibility index (Phi) is 5.86. The van der Waals surface area contributed by atoms with Gasteiger partial charge in [-0.15, -0.1) is 0 Å². The molecule has 0 radical (unpaired) electrons. The van der Waals surface area contributed by atoms with Crippen LogP contribution in [0.25, 0.3) is 0 Å². The van der Waals surface area contributed by atoms with Crippen LogP contribution in [0.1, 0.15) is 32.8 Å². The van der Waals surface area contributed by atoms with Gasteiger partial charge >= 0.3 is 0 Å². The van der Waals surface area contributed by atoms with Crippen LogP contribution in [0.4, 0.5) is 0 Å². The molecule has 0 spiro atoms. The number of hydrogen-bond acceptors (Lipinski definition) is 3. The third-order valence-corrected chi connectivity index (χ3v) is 2.17. The molecule has 1 heterocycles. The molecule has 1 aromatic heterocycles. The molecule has 0 aliphatic rings. The van der Waals surface area contributed by atoms with Gasteiger partial charge in [0, 0.05) is 24.5 Å². The highest BCUT2D eigenvalue weighted by molar-refractivity contribution is 5.29. The minimum absolute atomic E-state index is 0.546. The van der Waals surface area contributed by atoms with E-state index in [4.69, 9.17) is 4.74 Å². The lowest BCUT2D eigenvalue weighted by atomic mass is 10.2. The summed E-state index contributed by atoms with van der Waals surface area (Å²) >= 11 is 0. The van der Waals surface area contributed by atoms with Gasteiger partial charge in [-0.25, -0.2) is 0 Å². The van der Waals surface area contributed by atoms with Gasteiger partial charge in [0.25, 0.3) is 0 Å². The van der Waals surface area contributed by atoms with E-state index in [1.807, 2.05) is 12.3 Å². The van der Waals surface area contributed by atoms with Crippen LogP contribution in [-0.4, -0.2) is 18.1 Å². The van der Waals surface area contributed by atoms with E-state index in [-0.39, 0.29) is 0 Å². The molecule has 90 valence electrons. The summed E-state index contributed by atoms with van der Waals surface area (Å²) in [7, 11) is 0. The van der Waals surface area contributed by atoms with Gasteiger partial charge in [0.2, 0.25) is 0 Å². The molecule has 1 rings (SSSR count). The van der Waals surface area contributed by atoms with E-state index in [0.29, 0.717) is 5.92 Å². The molecule has 0 aliphatic carbocycles. The Balaban J connectivity index is 2.53. The van der Waals surface area contributed by atoms with Crippen LogP contribution in [0.3, 0.4) is 0 Å². The Morgan fingerprint density at radius 2 is 2.25 bits per heavy atom. The summed E-state index contributed by atoms with van der Waals surface area (Å²) in [6.45, 7) is 9.07. The Bertz CT molecular complexity index is 300. The lowest BCUT2D eigenvalue weighted by Gasteiger charge is -2.12.